The first kappa shape index (κ1) is 14.1. The van der Waals surface area contributed by atoms with Crippen molar-refractivity contribution in [3.05, 3.63) is 50.1 Å². The Morgan fingerprint density at radius 3 is 2.72 bits per heavy atom. The predicted octanol–water partition coefficient (Wildman–Crippen LogP) is 5.70. The minimum atomic E-state index is 0.168. The van der Waals surface area contributed by atoms with Crippen LogP contribution in [-0.2, 0) is 0 Å². The van der Waals surface area contributed by atoms with Crippen LogP contribution in [0.15, 0.2) is 33.4 Å². The summed E-state index contributed by atoms with van der Waals surface area (Å²) < 4.78 is 6.85. The maximum Gasteiger partial charge on any atom is 0.123 e. The van der Waals surface area contributed by atoms with E-state index >= 15 is 0 Å². The number of benzene rings is 1. The van der Waals surface area contributed by atoms with E-state index < -0.39 is 0 Å². The van der Waals surface area contributed by atoms with Crippen molar-refractivity contribution in [3.8, 4) is 5.75 Å². The van der Waals surface area contributed by atoms with Crippen molar-refractivity contribution >= 4 is 43.2 Å². The molecule has 2 aromatic rings. The number of halogens is 2. The maximum atomic E-state index is 5.70. The second-order valence-corrected chi connectivity index (χ2v) is 7.23. The van der Waals surface area contributed by atoms with Gasteiger partial charge in [0.25, 0.3) is 0 Å². The predicted molar refractivity (Wildman–Crippen MR) is 85.1 cm³/mol. The first-order valence-corrected chi connectivity index (χ1v) is 8.32. The number of thiophene rings is 1. The van der Waals surface area contributed by atoms with Gasteiger partial charge in [0.2, 0.25) is 0 Å². The summed E-state index contributed by atoms with van der Waals surface area (Å²) in [6.45, 7) is 4.79. The van der Waals surface area contributed by atoms with Gasteiger partial charge in [-0.05, 0) is 52.9 Å². The van der Waals surface area contributed by atoms with Crippen LogP contribution in [0.2, 0.25) is 0 Å². The molecule has 0 aliphatic carbocycles. The summed E-state index contributed by atoms with van der Waals surface area (Å²) in [5.41, 5.74) is 3.67. The zero-order chi connectivity index (χ0) is 13.1. The number of alkyl halides is 1. The summed E-state index contributed by atoms with van der Waals surface area (Å²) in [6.07, 6.45) is 0. The van der Waals surface area contributed by atoms with Crippen molar-refractivity contribution < 1.29 is 4.74 Å². The average molecular weight is 390 g/mol. The van der Waals surface area contributed by atoms with Crippen molar-refractivity contribution in [1.82, 2.24) is 0 Å². The third kappa shape index (κ3) is 3.16. The minimum absolute atomic E-state index is 0.168. The zero-order valence-electron chi connectivity index (χ0n) is 10.2. The molecule has 0 aliphatic heterocycles. The molecule has 18 heavy (non-hydrogen) atoms. The van der Waals surface area contributed by atoms with Gasteiger partial charge in [0, 0.05) is 5.56 Å². The molecule has 0 bridgehead atoms. The highest BCUT2D eigenvalue weighted by Crippen LogP contribution is 2.39. The lowest BCUT2D eigenvalue weighted by molar-refractivity contribution is 0.337. The summed E-state index contributed by atoms with van der Waals surface area (Å²) in [5, 5.41) is 2.15. The quantitative estimate of drug-likeness (QED) is 0.609. The molecule has 1 aromatic carbocycles. The van der Waals surface area contributed by atoms with Gasteiger partial charge >= 0.3 is 0 Å². The van der Waals surface area contributed by atoms with Crippen LogP contribution in [0.3, 0.4) is 0 Å². The highest BCUT2D eigenvalue weighted by molar-refractivity contribution is 9.11. The molecule has 1 aromatic heterocycles. The minimum Gasteiger partial charge on any atom is -0.494 e. The molecule has 1 nitrogen and oxygen atoms in total. The van der Waals surface area contributed by atoms with Crippen molar-refractivity contribution in [3.63, 3.8) is 0 Å². The lowest BCUT2D eigenvalue weighted by atomic mass is 10.0. The molecule has 0 amide bonds. The third-order valence-electron chi connectivity index (χ3n) is 2.62. The van der Waals surface area contributed by atoms with Gasteiger partial charge in [-0.25, -0.2) is 0 Å². The molecule has 1 atom stereocenters. The van der Waals surface area contributed by atoms with E-state index in [1.54, 1.807) is 11.3 Å². The van der Waals surface area contributed by atoms with Crippen LogP contribution in [0.5, 0.6) is 5.75 Å². The van der Waals surface area contributed by atoms with E-state index in [0.29, 0.717) is 6.61 Å². The third-order valence-corrected chi connectivity index (χ3v) is 5.16. The molecule has 0 fully saturated rings. The van der Waals surface area contributed by atoms with E-state index in [9.17, 15) is 0 Å². The van der Waals surface area contributed by atoms with Gasteiger partial charge in [-0.2, -0.15) is 0 Å². The molecule has 96 valence electrons. The summed E-state index contributed by atoms with van der Waals surface area (Å²) in [5.74, 6) is 0.951. The van der Waals surface area contributed by atoms with E-state index in [1.807, 2.05) is 13.0 Å². The van der Waals surface area contributed by atoms with Gasteiger partial charge in [0.15, 0.2) is 0 Å². The Morgan fingerprint density at radius 2 is 2.11 bits per heavy atom. The number of hydrogen-bond donors (Lipinski definition) is 0. The van der Waals surface area contributed by atoms with Gasteiger partial charge in [-0.15, -0.1) is 11.3 Å². The smallest absolute Gasteiger partial charge is 0.123 e. The van der Waals surface area contributed by atoms with Crippen LogP contribution in [0.4, 0.5) is 0 Å². The Bertz CT molecular complexity index is 536. The van der Waals surface area contributed by atoms with Gasteiger partial charge in [-0.1, -0.05) is 33.6 Å². The van der Waals surface area contributed by atoms with E-state index in [1.165, 1.54) is 16.7 Å². The molecular formula is C14H14Br2OS. The van der Waals surface area contributed by atoms with Crippen molar-refractivity contribution in [2.75, 3.05) is 6.61 Å². The van der Waals surface area contributed by atoms with E-state index in [0.717, 1.165) is 9.54 Å². The van der Waals surface area contributed by atoms with Gasteiger partial charge in [0.05, 0.1) is 15.2 Å². The van der Waals surface area contributed by atoms with Crippen molar-refractivity contribution in [1.29, 1.82) is 0 Å². The fraction of sp³-hybridized carbons (Fsp3) is 0.286. The summed E-state index contributed by atoms with van der Waals surface area (Å²) in [6, 6.07) is 8.44. The molecule has 1 heterocycles. The fourth-order valence-corrected chi connectivity index (χ4v) is 3.79. The topological polar surface area (TPSA) is 9.23 Å². The molecule has 2 rings (SSSR count). The first-order chi connectivity index (χ1) is 8.61. The summed E-state index contributed by atoms with van der Waals surface area (Å²) in [7, 11) is 0. The zero-order valence-corrected chi connectivity index (χ0v) is 14.2. The molecule has 4 heteroatoms. The standard InChI is InChI=1S/C14H14Br2OS/c1-3-17-12-5-4-9(2)6-11(12)14(16)10-7-13(15)18-8-10/h4-8,14H,3H2,1-2H3. The number of rotatable bonds is 4. The highest BCUT2D eigenvalue weighted by Gasteiger charge is 2.16. The molecule has 0 aliphatic rings. The molecule has 0 saturated heterocycles. The first-order valence-electron chi connectivity index (χ1n) is 5.73. The molecule has 0 radical (unpaired) electrons. The fourth-order valence-electron chi connectivity index (χ4n) is 1.79. The summed E-state index contributed by atoms with van der Waals surface area (Å²) in [4.78, 5) is 0.168. The summed E-state index contributed by atoms with van der Waals surface area (Å²) >= 11 is 8.97. The lowest BCUT2D eigenvalue weighted by Gasteiger charge is -2.15. The van der Waals surface area contributed by atoms with Crippen LogP contribution in [-0.4, -0.2) is 6.61 Å². The molecular weight excluding hydrogens is 376 g/mol. The maximum absolute atomic E-state index is 5.70. The van der Waals surface area contributed by atoms with Crippen molar-refractivity contribution in [2.45, 2.75) is 18.7 Å². The Balaban J connectivity index is 2.39. The second-order valence-electron chi connectivity index (χ2n) is 4.02. The Morgan fingerprint density at radius 1 is 1.33 bits per heavy atom. The molecule has 0 saturated carbocycles. The average Bonchev–Trinajstić information content (AvgIpc) is 2.77. The van der Waals surface area contributed by atoms with Crippen LogP contribution in [0, 0.1) is 6.92 Å². The van der Waals surface area contributed by atoms with Crippen LogP contribution >= 0.6 is 43.2 Å². The van der Waals surface area contributed by atoms with Gasteiger partial charge in [-0.3, -0.25) is 0 Å². The van der Waals surface area contributed by atoms with E-state index in [2.05, 4.69) is 62.4 Å². The Hall–Kier alpha value is -0.320. The van der Waals surface area contributed by atoms with E-state index in [4.69, 9.17) is 4.74 Å². The Labute approximate surface area is 128 Å². The largest absolute Gasteiger partial charge is 0.494 e. The van der Waals surface area contributed by atoms with Gasteiger partial charge < -0.3 is 4.74 Å². The SMILES string of the molecule is CCOc1ccc(C)cc1C(Br)c1csc(Br)c1. The highest BCUT2D eigenvalue weighted by atomic mass is 79.9. The van der Waals surface area contributed by atoms with Crippen LogP contribution in [0.1, 0.15) is 28.4 Å². The normalized spacial score (nSPS) is 12.4. The van der Waals surface area contributed by atoms with E-state index in [-0.39, 0.29) is 4.83 Å². The lowest BCUT2D eigenvalue weighted by Crippen LogP contribution is -1.99. The van der Waals surface area contributed by atoms with Crippen molar-refractivity contribution in [2.24, 2.45) is 0 Å². The number of aryl methyl sites for hydroxylation is 1. The van der Waals surface area contributed by atoms with Crippen LogP contribution < -0.4 is 4.74 Å². The Kier molecular flexibility index (Phi) is 4.87. The monoisotopic (exact) mass is 388 g/mol. The molecule has 1 unspecified atom stereocenters. The molecule has 0 N–H and O–H groups in total. The number of ether oxygens (including phenoxy) is 1. The molecule has 0 spiro atoms. The van der Waals surface area contributed by atoms with Gasteiger partial charge in [0.1, 0.15) is 5.75 Å². The number of hydrogen-bond acceptors (Lipinski definition) is 2. The van der Waals surface area contributed by atoms with Crippen LogP contribution in [0.25, 0.3) is 0 Å². The second kappa shape index (κ2) is 6.22.